The number of hydrogen-bond donors (Lipinski definition) is 1. The van der Waals surface area contributed by atoms with Crippen LogP contribution in [0.15, 0.2) is 30.3 Å². The van der Waals surface area contributed by atoms with Crippen LogP contribution in [0.5, 0.6) is 0 Å². The van der Waals surface area contributed by atoms with Crippen molar-refractivity contribution in [2.24, 2.45) is 7.05 Å². The second-order valence-electron chi connectivity index (χ2n) is 5.98. The molecule has 6 nitrogen and oxygen atoms in total. The Morgan fingerprint density at radius 3 is 2.40 bits per heavy atom. The van der Waals surface area contributed by atoms with Gasteiger partial charge in [-0.25, -0.2) is 4.79 Å². The fraction of sp³-hybridized carbons (Fsp3) is 0.316. The van der Waals surface area contributed by atoms with Crippen LogP contribution in [0.3, 0.4) is 0 Å². The number of rotatable bonds is 5. The standard InChI is InChI=1S/C19H23N3O3/c1-12-6-8-16(9-7-12)20-19(24)15(4)25-18(23)11-10-17-13(2)21-22(5)14(17)3/h6-11,15H,1-5H3,(H,20,24)/b11-10+/t15-/m0/s1. The van der Waals surface area contributed by atoms with Gasteiger partial charge in [-0.15, -0.1) is 0 Å². The van der Waals surface area contributed by atoms with Gasteiger partial charge < -0.3 is 10.1 Å². The first-order valence-electron chi connectivity index (χ1n) is 8.04. The number of esters is 1. The quantitative estimate of drug-likeness (QED) is 0.670. The molecule has 25 heavy (non-hydrogen) atoms. The fourth-order valence-electron chi connectivity index (χ4n) is 2.33. The molecule has 0 saturated carbocycles. The average Bonchev–Trinajstić information content (AvgIpc) is 2.80. The fourth-order valence-corrected chi connectivity index (χ4v) is 2.33. The molecule has 0 spiro atoms. The lowest BCUT2D eigenvalue weighted by Gasteiger charge is -2.12. The number of nitrogens with one attached hydrogen (secondary N) is 1. The van der Waals surface area contributed by atoms with Gasteiger partial charge >= 0.3 is 5.97 Å². The summed E-state index contributed by atoms with van der Waals surface area (Å²) >= 11 is 0. The van der Waals surface area contributed by atoms with E-state index < -0.39 is 12.1 Å². The molecule has 0 aliphatic heterocycles. The summed E-state index contributed by atoms with van der Waals surface area (Å²) in [4.78, 5) is 24.0. The number of aromatic nitrogens is 2. The van der Waals surface area contributed by atoms with Gasteiger partial charge in [-0.1, -0.05) is 17.7 Å². The van der Waals surface area contributed by atoms with E-state index >= 15 is 0 Å². The largest absolute Gasteiger partial charge is 0.449 e. The number of ether oxygens (including phenoxy) is 1. The van der Waals surface area contributed by atoms with Crippen LogP contribution in [0.25, 0.3) is 6.08 Å². The smallest absolute Gasteiger partial charge is 0.331 e. The molecule has 0 saturated heterocycles. The summed E-state index contributed by atoms with van der Waals surface area (Å²) < 4.78 is 6.90. The van der Waals surface area contributed by atoms with Crippen molar-refractivity contribution in [3.8, 4) is 0 Å². The highest BCUT2D eigenvalue weighted by Crippen LogP contribution is 2.14. The number of aryl methyl sites for hydroxylation is 3. The molecule has 1 aromatic heterocycles. The number of anilines is 1. The molecule has 1 N–H and O–H groups in total. The third-order valence-electron chi connectivity index (χ3n) is 3.93. The predicted octanol–water partition coefficient (Wildman–Crippen LogP) is 2.93. The monoisotopic (exact) mass is 341 g/mol. The normalized spacial score (nSPS) is 12.2. The SMILES string of the molecule is Cc1ccc(NC(=O)[C@H](C)OC(=O)/C=C/c2c(C)nn(C)c2C)cc1. The Morgan fingerprint density at radius 1 is 1.20 bits per heavy atom. The Kier molecular flexibility index (Phi) is 5.75. The van der Waals surface area contributed by atoms with Crippen LogP contribution in [0, 0.1) is 20.8 Å². The molecule has 132 valence electrons. The maximum Gasteiger partial charge on any atom is 0.331 e. The number of amides is 1. The molecule has 1 aromatic carbocycles. The highest BCUT2D eigenvalue weighted by molar-refractivity contribution is 5.96. The van der Waals surface area contributed by atoms with Crippen molar-refractivity contribution in [2.75, 3.05) is 5.32 Å². The van der Waals surface area contributed by atoms with Gasteiger partial charge in [0, 0.05) is 30.1 Å². The molecule has 1 amide bonds. The van der Waals surface area contributed by atoms with Crippen molar-refractivity contribution in [3.05, 3.63) is 52.9 Å². The Morgan fingerprint density at radius 2 is 1.84 bits per heavy atom. The lowest BCUT2D eigenvalue weighted by molar-refractivity contribution is -0.148. The van der Waals surface area contributed by atoms with Crippen LogP contribution >= 0.6 is 0 Å². The molecular weight excluding hydrogens is 318 g/mol. The summed E-state index contributed by atoms with van der Waals surface area (Å²) in [7, 11) is 1.84. The van der Waals surface area contributed by atoms with Crippen LogP contribution in [0.1, 0.15) is 29.4 Å². The third kappa shape index (κ3) is 4.79. The molecule has 1 heterocycles. The Labute approximate surface area is 147 Å². The van der Waals surface area contributed by atoms with Crippen molar-refractivity contribution in [1.29, 1.82) is 0 Å². The lowest BCUT2D eigenvalue weighted by atomic mass is 10.2. The number of carbonyl (C=O) groups excluding carboxylic acids is 2. The third-order valence-corrected chi connectivity index (χ3v) is 3.93. The van der Waals surface area contributed by atoms with Crippen molar-refractivity contribution >= 4 is 23.6 Å². The Hall–Kier alpha value is -2.89. The minimum Gasteiger partial charge on any atom is -0.449 e. The predicted molar refractivity (Wildman–Crippen MR) is 97.1 cm³/mol. The van der Waals surface area contributed by atoms with Crippen LogP contribution in [-0.2, 0) is 21.4 Å². The summed E-state index contributed by atoms with van der Waals surface area (Å²) in [6, 6.07) is 7.40. The summed E-state index contributed by atoms with van der Waals surface area (Å²) in [6.45, 7) is 7.29. The zero-order valence-electron chi connectivity index (χ0n) is 15.2. The van der Waals surface area contributed by atoms with Gasteiger partial charge in [0.15, 0.2) is 6.10 Å². The summed E-state index contributed by atoms with van der Waals surface area (Å²) in [5.74, 6) is -0.950. The van der Waals surface area contributed by atoms with Crippen LogP contribution < -0.4 is 5.32 Å². The summed E-state index contributed by atoms with van der Waals surface area (Å²) in [6.07, 6.45) is 2.08. The van der Waals surface area contributed by atoms with E-state index in [1.807, 2.05) is 40.0 Å². The zero-order chi connectivity index (χ0) is 18.6. The number of benzene rings is 1. The van der Waals surface area contributed by atoms with E-state index in [1.165, 1.54) is 13.0 Å². The minimum atomic E-state index is -0.894. The van der Waals surface area contributed by atoms with Crippen LogP contribution in [0.4, 0.5) is 5.69 Å². The first kappa shape index (κ1) is 18.4. The average molecular weight is 341 g/mol. The summed E-state index contributed by atoms with van der Waals surface area (Å²) in [5.41, 5.74) is 4.41. The van der Waals surface area contributed by atoms with E-state index in [-0.39, 0.29) is 5.91 Å². The molecule has 0 fully saturated rings. The molecular formula is C19H23N3O3. The molecule has 0 aliphatic carbocycles. The van der Waals surface area contributed by atoms with Crippen molar-refractivity contribution in [1.82, 2.24) is 9.78 Å². The van der Waals surface area contributed by atoms with Gasteiger partial charge in [-0.05, 0) is 45.9 Å². The highest BCUT2D eigenvalue weighted by atomic mass is 16.5. The van der Waals surface area contributed by atoms with E-state index in [0.717, 1.165) is 22.5 Å². The van der Waals surface area contributed by atoms with E-state index in [4.69, 9.17) is 4.74 Å². The van der Waals surface area contributed by atoms with Crippen LogP contribution in [-0.4, -0.2) is 27.8 Å². The zero-order valence-corrected chi connectivity index (χ0v) is 15.2. The van der Waals surface area contributed by atoms with Gasteiger partial charge in [-0.3, -0.25) is 9.48 Å². The first-order valence-corrected chi connectivity index (χ1v) is 8.04. The number of carbonyl (C=O) groups is 2. The Bertz CT molecular complexity index is 804. The maximum atomic E-state index is 12.1. The van der Waals surface area contributed by atoms with Crippen molar-refractivity contribution in [2.45, 2.75) is 33.8 Å². The molecule has 1 atom stereocenters. The molecule has 0 aliphatic rings. The molecule has 2 aromatic rings. The van der Waals surface area contributed by atoms with Gasteiger partial charge in [0.1, 0.15) is 0 Å². The van der Waals surface area contributed by atoms with Gasteiger partial charge in [0.05, 0.1) is 5.69 Å². The molecule has 2 rings (SSSR count). The number of nitrogens with zero attached hydrogens (tertiary/aromatic N) is 2. The topological polar surface area (TPSA) is 73.2 Å². The minimum absolute atomic E-state index is 0.376. The molecule has 6 heteroatoms. The molecule has 0 radical (unpaired) electrons. The second kappa shape index (κ2) is 7.79. The molecule has 0 bridgehead atoms. The lowest BCUT2D eigenvalue weighted by Crippen LogP contribution is -2.29. The molecule has 0 unspecified atom stereocenters. The van der Waals surface area contributed by atoms with Gasteiger partial charge in [-0.2, -0.15) is 5.10 Å². The van der Waals surface area contributed by atoms with Gasteiger partial charge in [0.25, 0.3) is 5.91 Å². The van der Waals surface area contributed by atoms with E-state index in [1.54, 1.807) is 22.9 Å². The van der Waals surface area contributed by atoms with Crippen molar-refractivity contribution < 1.29 is 14.3 Å². The summed E-state index contributed by atoms with van der Waals surface area (Å²) in [5, 5.41) is 7.00. The first-order chi connectivity index (χ1) is 11.8. The van der Waals surface area contributed by atoms with Gasteiger partial charge in [0.2, 0.25) is 0 Å². The van der Waals surface area contributed by atoms with E-state index in [0.29, 0.717) is 5.69 Å². The number of hydrogen-bond acceptors (Lipinski definition) is 4. The van der Waals surface area contributed by atoms with Crippen molar-refractivity contribution in [3.63, 3.8) is 0 Å². The Balaban J connectivity index is 1.93. The highest BCUT2D eigenvalue weighted by Gasteiger charge is 2.17. The van der Waals surface area contributed by atoms with E-state index in [2.05, 4.69) is 10.4 Å². The second-order valence-corrected chi connectivity index (χ2v) is 5.98. The maximum absolute atomic E-state index is 12.1. The van der Waals surface area contributed by atoms with Crippen LogP contribution in [0.2, 0.25) is 0 Å². The van der Waals surface area contributed by atoms with E-state index in [9.17, 15) is 9.59 Å².